The second-order valence-electron chi connectivity index (χ2n) is 6.32. The van der Waals surface area contributed by atoms with Crippen LogP contribution in [0.15, 0.2) is 54.6 Å². The van der Waals surface area contributed by atoms with Gasteiger partial charge in [-0.15, -0.1) is 0 Å². The Morgan fingerprint density at radius 3 is 2.27 bits per heavy atom. The van der Waals surface area contributed by atoms with E-state index in [0.29, 0.717) is 17.4 Å². The van der Waals surface area contributed by atoms with E-state index >= 15 is 0 Å². The molecule has 0 atom stereocenters. The van der Waals surface area contributed by atoms with Gasteiger partial charge in [-0.25, -0.2) is 13.8 Å². The zero-order chi connectivity index (χ0) is 18.5. The molecule has 3 aromatic rings. The van der Waals surface area contributed by atoms with E-state index in [0.717, 1.165) is 12.1 Å². The van der Waals surface area contributed by atoms with Gasteiger partial charge in [0.2, 0.25) is 5.95 Å². The highest BCUT2D eigenvalue weighted by atomic mass is 19.1. The molecule has 3 rings (SSSR count). The van der Waals surface area contributed by atoms with E-state index in [2.05, 4.69) is 34.4 Å². The maximum Gasteiger partial charge on any atom is 0.229 e. The molecule has 0 radical (unpaired) electrons. The minimum atomic E-state index is -0.699. The molecule has 6 heteroatoms. The summed E-state index contributed by atoms with van der Waals surface area (Å²) in [7, 11) is 0. The lowest BCUT2D eigenvalue weighted by Crippen LogP contribution is -2.11. The number of nitrogens with one attached hydrogen (secondary N) is 2. The molecule has 0 spiro atoms. The first kappa shape index (κ1) is 17.8. The Bertz CT molecular complexity index is 862. The van der Waals surface area contributed by atoms with Crippen LogP contribution in [0.5, 0.6) is 0 Å². The molecular weight excluding hydrogens is 334 g/mol. The molecule has 1 aromatic heterocycles. The quantitative estimate of drug-likeness (QED) is 0.636. The number of benzene rings is 2. The number of hydrogen-bond donors (Lipinski definition) is 2. The average Bonchev–Trinajstić information content (AvgIpc) is 2.64. The summed E-state index contributed by atoms with van der Waals surface area (Å²) in [5, 5.41) is 5.90. The summed E-state index contributed by atoms with van der Waals surface area (Å²) in [5.74, 6) is -0.259. The molecule has 2 aromatic carbocycles. The van der Waals surface area contributed by atoms with Crippen LogP contribution in [0.1, 0.15) is 13.8 Å². The largest absolute Gasteiger partial charge is 0.370 e. The molecule has 0 aliphatic heterocycles. The predicted molar refractivity (Wildman–Crippen MR) is 100 cm³/mol. The fraction of sp³-hybridized carbons (Fsp3) is 0.200. The number of para-hydroxylation sites is 1. The zero-order valence-corrected chi connectivity index (χ0v) is 14.6. The summed E-state index contributed by atoms with van der Waals surface area (Å²) >= 11 is 0. The van der Waals surface area contributed by atoms with Crippen molar-refractivity contribution in [2.75, 3.05) is 17.2 Å². The van der Waals surface area contributed by atoms with Crippen LogP contribution in [0.4, 0.5) is 26.2 Å². The first-order chi connectivity index (χ1) is 12.5. The van der Waals surface area contributed by atoms with Crippen molar-refractivity contribution >= 4 is 17.5 Å². The lowest BCUT2D eigenvalue weighted by molar-refractivity contribution is 0.590. The van der Waals surface area contributed by atoms with Crippen molar-refractivity contribution in [1.29, 1.82) is 0 Å². The average molecular weight is 354 g/mol. The van der Waals surface area contributed by atoms with E-state index in [1.165, 1.54) is 18.2 Å². The van der Waals surface area contributed by atoms with E-state index in [9.17, 15) is 8.78 Å². The number of aromatic nitrogens is 2. The number of halogens is 2. The Morgan fingerprint density at radius 1 is 0.923 bits per heavy atom. The minimum absolute atomic E-state index is 0.126. The zero-order valence-electron chi connectivity index (χ0n) is 14.6. The monoisotopic (exact) mass is 354 g/mol. The van der Waals surface area contributed by atoms with E-state index in [-0.39, 0.29) is 11.6 Å². The second-order valence-corrected chi connectivity index (χ2v) is 6.32. The van der Waals surface area contributed by atoms with Crippen LogP contribution in [0, 0.1) is 17.6 Å². The van der Waals surface area contributed by atoms with Crippen molar-refractivity contribution in [3.8, 4) is 11.3 Å². The summed E-state index contributed by atoms with van der Waals surface area (Å²) in [6.45, 7) is 4.89. The molecule has 26 heavy (non-hydrogen) atoms. The number of anilines is 3. The van der Waals surface area contributed by atoms with Gasteiger partial charge >= 0.3 is 0 Å². The van der Waals surface area contributed by atoms with Crippen LogP contribution in [0.25, 0.3) is 11.3 Å². The summed E-state index contributed by atoms with van der Waals surface area (Å²) in [4.78, 5) is 8.75. The highest BCUT2D eigenvalue weighted by Gasteiger charge is 2.12. The molecule has 134 valence electrons. The highest BCUT2D eigenvalue weighted by Crippen LogP contribution is 2.25. The molecule has 0 bridgehead atoms. The van der Waals surface area contributed by atoms with Gasteiger partial charge in [-0.3, -0.25) is 0 Å². The molecule has 2 N–H and O–H groups in total. The van der Waals surface area contributed by atoms with Crippen molar-refractivity contribution in [2.45, 2.75) is 13.8 Å². The molecule has 4 nitrogen and oxygen atoms in total. The summed E-state index contributed by atoms with van der Waals surface area (Å²) < 4.78 is 27.9. The number of hydrogen-bond acceptors (Lipinski definition) is 4. The van der Waals surface area contributed by atoms with Gasteiger partial charge in [0, 0.05) is 18.2 Å². The third kappa shape index (κ3) is 4.33. The van der Waals surface area contributed by atoms with E-state index in [1.54, 1.807) is 0 Å². The first-order valence-electron chi connectivity index (χ1n) is 8.42. The van der Waals surface area contributed by atoms with Gasteiger partial charge in [0.25, 0.3) is 0 Å². The maximum absolute atomic E-state index is 13.9. The van der Waals surface area contributed by atoms with Crippen LogP contribution < -0.4 is 10.6 Å². The Morgan fingerprint density at radius 2 is 1.62 bits per heavy atom. The molecule has 0 amide bonds. The van der Waals surface area contributed by atoms with Gasteiger partial charge in [-0.05, 0) is 18.1 Å². The van der Waals surface area contributed by atoms with Gasteiger partial charge in [0.15, 0.2) is 0 Å². The molecule has 0 saturated heterocycles. The smallest absolute Gasteiger partial charge is 0.229 e. The van der Waals surface area contributed by atoms with Crippen molar-refractivity contribution in [3.05, 3.63) is 66.2 Å². The van der Waals surface area contributed by atoms with Crippen molar-refractivity contribution < 1.29 is 8.78 Å². The number of nitrogens with zero attached hydrogens (tertiary/aromatic N) is 2. The van der Waals surface area contributed by atoms with Crippen LogP contribution in [0.3, 0.4) is 0 Å². The van der Waals surface area contributed by atoms with E-state index in [1.807, 2.05) is 36.4 Å². The second kappa shape index (κ2) is 7.91. The lowest BCUT2D eigenvalue weighted by atomic mass is 10.1. The Kier molecular flexibility index (Phi) is 5.41. The fourth-order valence-corrected chi connectivity index (χ4v) is 2.39. The molecule has 0 aliphatic carbocycles. The van der Waals surface area contributed by atoms with Gasteiger partial charge in [-0.2, -0.15) is 4.98 Å². The standard InChI is InChI=1S/C20H20F2N4/c1-13(2)12-23-18-11-17(14-7-4-3-5-8-14)24-20(25-18)26-19-15(21)9-6-10-16(19)22/h3-11,13H,12H2,1-2H3,(H2,23,24,25,26). The summed E-state index contributed by atoms with van der Waals surface area (Å²) in [6.07, 6.45) is 0. The lowest BCUT2D eigenvalue weighted by Gasteiger charge is -2.13. The first-order valence-corrected chi connectivity index (χ1v) is 8.42. The molecule has 1 heterocycles. The van der Waals surface area contributed by atoms with E-state index < -0.39 is 11.6 Å². The van der Waals surface area contributed by atoms with Crippen LogP contribution in [-0.4, -0.2) is 16.5 Å². The molecule has 0 aliphatic rings. The molecule has 0 unspecified atom stereocenters. The third-order valence-corrected chi connectivity index (χ3v) is 3.69. The van der Waals surface area contributed by atoms with Gasteiger partial charge in [-0.1, -0.05) is 50.2 Å². The SMILES string of the molecule is CC(C)CNc1cc(-c2ccccc2)nc(Nc2c(F)cccc2F)n1. The Labute approximate surface area is 151 Å². The molecular formula is C20H20F2N4. The minimum Gasteiger partial charge on any atom is -0.370 e. The normalized spacial score (nSPS) is 10.8. The van der Waals surface area contributed by atoms with E-state index in [4.69, 9.17) is 0 Å². The topological polar surface area (TPSA) is 49.8 Å². The highest BCUT2D eigenvalue weighted by molar-refractivity contribution is 5.66. The van der Waals surface area contributed by atoms with Gasteiger partial charge in [0.05, 0.1) is 5.69 Å². The Balaban J connectivity index is 1.99. The predicted octanol–water partition coefficient (Wildman–Crippen LogP) is 5.23. The van der Waals surface area contributed by atoms with Crippen molar-refractivity contribution in [1.82, 2.24) is 9.97 Å². The van der Waals surface area contributed by atoms with Gasteiger partial charge < -0.3 is 10.6 Å². The summed E-state index contributed by atoms with van der Waals surface area (Å²) in [6, 6.07) is 15.1. The van der Waals surface area contributed by atoms with Crippen LogP contribution >= 0.6 is 0 Å². The third-order valence-electron chi connectivity index (χ3n) is 3.69. The van der Waals surface area contributed by atoms with Crippen molar-refractivity contribution in [2.24, 2.45) is 5.92 Å². The fourth-order valence-electron chi connectivity index (χ4n) is 2.39. The Hall–Kier alpha value is -3.02. The van der Waals surface area contributed by atoms with Crippen molar-refractivity contribution in [3.63, 3.8) is 0 Å². The van der Waals surface area contributed by atoms with Crippen LogP contribution in [-0.2, 0) is 0 Å². The molecule has 0 fully saturated rings. The van der Waals surface area contributed by atoms with Crippen LogP contribution in [0.2, 0.25) is 0 Å². The number of rotatable bonds is 6. The molecule has 0 saturated carbocycles. The maximum atomic E-state index is 13.9. The summed E-state index contributed by atoms with van der Waals surface area (Å²) in [5.41, 5.74) is 1.28. The van der Waals surface area contributed by atoms with Gasteiger partial charge in [0.1, 0.15) is 23.1 Å².